The second kappa shape index (κ2) is 4.29. The topological polar surface area (TPSA) is 17.1 Å². The number of halogens is 5. The third-order valence-electron chi connectivity index (χ3n) is 1.75. The van der Waals surface area contributed by atoms with Crippen molar-refractivity contribution >= 4 is 40.0 Å². The van der Waals surface area contributed by atoms with Crippen molar-refractivity contribution < 1.29 is 18.0 Å². The van der Waals surface area contributed by atoms with Gasteiger partial charge < -0.3 is 0 Å². The summed E-state index contributed by atoms with van der Waals surface area (Å²) in [5.74, 6) is -0.644. The minimum atomic E-state index is -4.54. The molecule has 0 aromatic heterocycles. The SMILES string of the molecule is CC(=O)c1c(C(F)(F)F)ccc(Cl)c1I. The lowest BCUT2D eigenvalue weighted by Crippen LogP contribution is -2.13. The van der Waals surface area contributed by atoms with Gasteiger partial charge in [-0.05, 0) is 41.6 Å². The van der Waals surface area contributed by atoms with Crippen molar-refractivity contribution in [2.75, 3.05) is 0 Å². The molecule has 0 aliphatic heterocycles. The Bertz CT molecular complexity index is 415. The van der Waals surface area contributed by atoms with Crippen molar-refractivity contribution in [1.82, 2.24) is 0 Å². The molecule has 0 fully saturated rings. The quantitative estimate of drug-likeness (QED) is 0.550. The van der Waals surface area contributed by atoms with Crippen LogP contribution in [0.5, 0.6) is 0 Å². The minimum Gasteiger partial charge on any atom is -0.294 e. The molecular formula is C9H5ClF3IO. The van der Waals surface area contributed by atoms with Crippen LogP contribution in [0.1, 0.15) is 22.8 Å². The summed E-state index contributed by atoms with van der Waals surface area (Å²) < 4.78 is 37.7. The van der Waals surface area contributed by atoms with Gasteiger partial charge in [0.25, 0.3) is 0 Å². The van der Waals surface area contributed by atoms with Crippen LogP contribution in [0.3, 0.4) is 0 Å². The van der Waals surface area contributed by atoms with Crippen LogP contribution in [-0.4, -0.2) is 5.78 Å². The summed E-state index contributed by atoms with van der Waals surface area (Å²) >= 11 is 7.29. The Hall–Kier alpha value is -0.300. The molecule has 0 aliphatic rings. The zero-order valence-corrected chi connectivity index (χ0v) is 10.4. The van der Waals surface area contributed by atoms with Gasteiger partial charge in [0.1, 0.15) is 0 Å². The molecule has 0 amide bonds. The zero-order chi connectivity index (χ0) is 11.8. The van der Waals surface area contributed by atoms with Crippen LogP contribution in [0.2, 0.25) is 5.02 Å². The lowest BCUT2D eigenvalue weighted by Gasteiger charge is -2.13. The Balaban J connectivity index is 3.55. The number of alkyl halides is 3. The average molecular weight is 348 g/mol. The summed E-state index contributed by atoms with van der Waals surface area (Å²) in [7, 11) is 0. The second-order valence-corrected chi connectivity index (χ2v) is 4.32. The summed E-state index contributed by atoms with van der Waals surface area (Å²) in [5.41, 5.74) is -1.31. The number of carbonyl (C=O) groups is 1. The van der Waals surface area contributed by atoms with E-state index in [9.17, 15) is 18.0 Å². The van der Waals surface area contributed by atoms with Crippen LogP contribution in [0.25, 0.3) is 0 Å². The number of carbonyl (C=O) groups excluding carboxylic acids is 1. The molecule has 1 aromatic carbocycles. The summed E-state index contributed by atoms with van der Waals surface area (Å²) in [6.45, 7) is 1.09. The van der Waals surface area contributed by atoms with Gasteiger partial charge in [0.2, 0.25) is 0 Å². The third kappa shape index (κ3) is 2.63. The molecule has 0 heterocycles. The number of hydrogen-bond acceptors (Lipinski definition) is 1. The molecule has 82 valence electrons. The summed E-state index contributed by atoms with van der Waals surface area (Å²) in [5, 5.41) is 0.147. The Kier molecular flexibility index (Phi) is 3.65. The molecule has 15 heavy (non-hydrogen) atoms. The first-order chi connectivity index (χ1) is 6.75. The molecule has 1 rings (SSSR count). The van der Waals surface area contributed by atoms with Crippen LogP contribution in [0, 0.1) is 3.57 Å². The van der Waals surface area contributed by atoms with Crippen LogP contribution in [-0.2, 0) is 6.18 Å². The van der Waals surface area contributed by atoms with E-state index in [1.807, 2.05) is 0 Å². The Labute approximate surface area is 103 Å². The lowest BCUT2D eigenvalue weighted by atomic mass is 10.0. The van der Waals surface area contributed by atoms with Gasteiger partial charge in [-0.3, -0.25) is 4.79 Å². The molecular weight excluding hydrogens is 343 g/mol. The van der Waals surface area contributed by atoms with E-state index >= 15 is 0 Å². The fourth-order valence-electron chi connectivity index (χ4n) is 1.13. The van der Waals surface area contributed by atoms with Gasteiger partial charge in [-0.1, -0.05) is 11.6 Å². The van der Waals surface area contributed by atoms with E-state index in [4.69, 9.17) is 11.6 Å². The van der Waals surface area contributed by atoms with E-state index in [0.717, 1.165) is 19.1 Å². The monoisotopic (exact) mass is 348 g/mol. The van der Waals surface area contributed by atoms with Crippen LogP contribution in [0.4, 0.5) is 13.2 Å². The maximum Gasteiger partial charge on any atom is 0.417 e. The van der Waals surface area contributed by atoms with E-state index in [1.54, 1.807) is 22.6 Å². The fourth-order valence-corrected chi connectivity index (χ4v) is 2.14. The van der Waals surface area contributed by atoms with Gasteiger partial charge in [-0.25, -0.2) is 0 Å². The van der Waals surface area contributed by atoms with Crippen molar-refractivity contribution in [1.29, 1.82) is 0 Å². The number of rotatable bonds is 1. The van der Waals surface area contributed by atoms with Crippen molar-refractivity contribution in [2.45, 2.75) is 13.1 Å². The molecule has 0 unspecified atom stereocenters. The van der Waals surface area contributed by atoms with Crippen molar-refractivity contribution in [3.8, 4) is 0 Å². The molecule has 0 saturated carbocycles. The van der Waals surface area contributed by atoms with E-state index in [0.29, 0.717) is 0 Å². The highest BCUT2D eigenvalue weighted by Gasteiger charge is 2.35. The largest absolute Gasteiger partial charge is 0.417 e. The normalized spacial score (nSPS) is 11.6. The predicted molar refractivity (Wildman–Crippen MR) is 59.2 cm³/mol. The summed E-state index contributed by atoms with van der Waals surface area (Å²) in [6.07, 6.45) is -4.54. The second-order valence-electron chi connectivity index (χ2n) is 2.84. The first-order valence-electron chi connectivity index (χ1n) is 3.81. The van der Waals surface area contributed by atoms with Gasteiger partial charge >= 0.3 is 6.18 Å². The highest BCUT2D eigenvalue weighted by Crippen LogP contribution is 2.36. The van der Waals surface area contributed by atoms with E-state index in [2.05, 4.69) is 0 Å². The summed E-state index contributed by atoms with van der Waals surface area (Å²) in [6, 6.07) is 1.96. The van der Waals surface area contributed by atoms with E-state index < -0.39 is 17.5 Å². The van der Waals surface area contributed by atoms with E-state index in [1.165, 1.54) is 0 Å². The van der Waals surface area contributed by atoms with Gasteiger partial charge in [0, 0.05) is 9.13 Å². The number of ketones is 1. The molecule has 0 saturated heterocycles. The first kappa shape index (κ1) is 12.8. The molecule has 0 radical (unpaired) electrons. The molecule has 0 spiro atoms. The maximum absolute atomic E-state index is 12.5. The van der Waals surface area contributed by atoms with Crippen molar-refractivity contribution in [3.05, 3.63) is 31.9 Å². The molecule has 1 nitrogen and oxygen atoms in total. The number of Topliss-reactive ketones (excluding diaryl/α,β-unsaturated/α-hetero) is 1. The molecule has 0 bridgehead atoms. The predicted octanol–water partition coefficient (Wildman–Crippen LogP) is 4.17. The van der Waals surface area contributed by atoms with Gasteiger partial charge in [0.15, 0.2) is 5.78 Å². The van der Waals surface area contributed by atoms with Gasteiger partial charge in [-0.15, -0.1) is 0 Å². The molecule has 0 N–H and O–H groups in total. The van der Waals surface area contributed by atoms with Crippen molar-refractivity contribution in [3.63, 3.8) is 0 Å². The zero-order valence-electron chi connectivity index (χ0n) is 7.45. The highest BCUT2D eigenvalue weighted by atomic mass is 127. The van der Waals surface area contributed by atoms with Gasteiger partial charge in [-0.2, -0.15) is 13.2 Å². The van der Waals surface area contributed by atoms with Crippen LogP contribution >= 0.6 is 34.2 Å². The smallest absolute Gasteiger partial charge is 0.294 e. The van der Waals surface area contributed by atoms with Crippen molar-refractivity contribution in [2.24, 2.45) is 0 Å². The van der Waals surface area contributed by atoms with Crippen LogP contribution in [0.15, 0.2) is 12.1 Å². The average Bonchev–Trinajstić information content (AvgIpc) is 2.06. The standard InChI is InChI=1S/C9H5ClF3IO/c1-4(15)7-5(9(11,12)13)2-3-6(10)8(7)14/h2-3H,1H3. The number of hydrogen-bond donors (Lipinski definition) is 0. The molecule has 6 heteroatoms. The fraction of sp³-hybridized carbons (Fsp3) is 0.222. The van der Waals surface area contributed by atoms with Crippen LogP contribution < -0.4 is 0 Å². The summed E-state index contributed by atoms with van der Waals surface area (Å²) in [4.78, 5) is 11.1. The highest BCUT2D eigenvalue weighted by molar-refractivity contribution is 14.1. The molecule has 0 aliphatic carbocycles. The van der Waals surface area contributed by atoms with E-state index in [-0.39, 0.29) is 14.2 Å². The van der Waals surface area contributed by atoms with Gasteiger partial charge in [0.05, 0.1) is 10.6 Å². The Morgan fingerprint density at radius 3 is 2.33 bits per heavy atom. The maximum atomic E-state index is 12.5. The molecule has 1 aromatic rings. The molecule has 0 atom stereocenters. The Morgan fingerprint density at radius 2 is 1.93 bits per heavy atom. The number of benzene rings is 1. The minimum absolute atomic E-state index is 0.136. The first-order valence-corrected chi connectivity index (χ1v) is 5.27. The lowest BCUT2D eigenvalue weighted by molar-refractivity contribution is -0.137. The Morgan fingerprint density at radius 1 is 1.40 bits per heavy atom. The third-order valence-corrected chi connectivity index (χ3v) is 3.51.